The first-order valence-corrected chi connectivity index (χ1v) is 7.52. The van der Waals surface area contributed by atoms with E-state index in [-0.39, 0.29) is 5.84 Å². The van der Waals surface area contributed by atoms with E-state index in [1.807, 2.05) is 30.3 Å². The van der Waals surface area contributed by atoms with Gasteiger partial charge in [-0.05, 0) is 33.6 Å². The van der Waals surface area contributed by atoms with Crippen LogP contribution in [0.1, 0.15) is 11.1 Å². The van der Waals surface area contributed by atoms with Crippen LogP contribution in [0.5, 0.6) is 0 Å². The maximum Gasteiger partial charge on any atom is 0.170 e. The van der Waals surface area contributed by atoms with Crippen molar-refractivity contribution in [3.05, 3.63) is 62.0 Å². The fraction of sp³-hybridized carbons (Fsp3) is 0.0714. The molecule has 0 heterocycles. The summed E-state index contributed by atoms with van der Waals surface area (Å²) in [5.41, 5.74) is 7.90. The van der Waals surface area contributed by atoms with Crippen LogP contribution >= 0.6 is 39.1 Å². The molecule has 0 amide bonds. The van der Waals surface area contributed by atoms with Gasteiger partial charge in [-0.25, -0.2) is 0 Å². The zero-order valence-electron chi connectivity index (χ0n) is 10.8. The molecule has 4 nitrogen and oxygen atoms in total. The molecule has 0 aromatic heterocycles. The van der Waals surface area contributed by atoms with E-state index in [9.17, 15) is 0 Å². The number of halogens is 3. The summed E-state index contributed by atoms with van der Waals surface area (Å²) in [6.45, 7) is 0.462. The minimum Gasteiger partial charge on any atom is -0.409 e. The SMILES string of the molecule is N/C(=N/O)c1ccccc1CNc1ccc(Br)c(Cl)c1Cl. The fourth-order valence-corrected chi connectivity index (χ4v) is 2.67. The van der Waals surface area contributed by atoms with Crippen LogP contribution in [0.2, 0.25) is 10.0 Å². The third-order valence-corrected chi connectivity index (χ3v) is 4.68. The predicted octanol–water partition coefficient (Wildman–Crippen LogP) is 4.46. The lowest BCUT2D eigenvalue weighted by Crippen LogP contribution is -2.16. The molecule has 21 heavy (non-hydrogen) atoms. The van der Waals surface area contributed by atoms with Crippen molar-refractivity contribution in [1.29, 1.82) is 0 Å². The average Bonchev–Trinajstić information content (AvgIpc) is 2.51. The zero-order valence-corrected chi connectivity index (χ0v) is 13.9. The highest BCUT2D eigenvalue weighted by molar-refractivity contribution is 9.10. The average molecular weight is 389 g/mol. The molecule has 0 saturated heterocycles. The minimum atomic E-state index is 0.0623. The van der Waals surface area contributed by atoms with Crippen molar-refractivity contribution < 1.29 is 5.21 Å². The topological polar surface area (TPSA) is 70.6 Å². The molecule has 0 aliphatic heterocycles. The smallest absolute Gasteiger partial charge is 0.170 e. The standard InChI is InChI=1S/C14H12BrCl2N3O/c15-10-5-6-11(13(17)12(10)16)19-7-8-3-1-2-4-9(8)14(18)20-21/h1-6,19,21H,7H2,(H2,18,20). The number of rotatable bonds is 4. The van der Waals surface area contributed by atoms with Crippen molar-refractivity contribution in [1.82, 2.24) is 0 Å². The Kier molecular flexibility index (Phi) is 5.33. The summed E-state index contributed by atoms with van der Waals surface area (Å²) < 4.78 is 0.733. The first kappa shape index (κ1) is 15.9. The van der Waals surface area contributed by atoms with Crippen molar-refractivity contribution in [3.63, 3.8) is 0 Å². The number of nitrogens with one attached hydrogen (secondary N) is 1. The van der Waals surface area contributed by atoms with Crippen LogP contribution in [0.3, 0.4) is 0 Å². The van der Waals surface area contributed by atoms with Gasteiger partial charge in [-0.1, -0.05) is 52.6 Å². The molecule has 0 saturated carbocycles. The summed E-state index contributed by atoms with van der Waals surface area (Å²) in [5.74, 6) is 0.0623. The van der Waals surface area contributed by atoms with E-state index in [2.05, 4.69) is 26.4 Å². The molecule has 0 radical (unpaired) electrons. The van der Waals surface area contributed by atoms with Crippen molar-refractivity contribution in [2.75, 3.05) is 5.32 Å². The summed E-state index contributed by atoms with van der Waals surface area (Å²) in [6, 6.07) is 11.0. The van der Waals surface area contributed by atoms with Crippen LogP contribution < -0.4 is 11.1 Å². The number of hydrogen-bond donors (Lipinski definition) is 3. The fourth-order valence-electron chi connectivity index (χ4n) is 1.83. The molecule has 0 aliphatic carbocycles. The Labute approximate surface area is 140 Å². The highest BCUT2D eigenvalue weighted by Gasteiger charge is 2.10. The lowest BCUT2D eigenvalue weighted by molar-refractivity contribution is 0.318. The lowest BCUT2D eigenvalue weighted by atomic mass is 10.1. The van der Waals surface area contributed by atoms with Crippen LogP contribution in [0.25, 0.3) is 0 Å². The second kappa shape index (κ2) is 7.02. The minimum absolute atomic E-state index is 0.0623. The van der Waals surface area contributed by atoms with E-state index in [1.54, 1.807) is 6.07 Å². The van der Waals surface area contributed by atoms with Crippen LogP contribution in [0.4, 0.5) is 5.69 Å². The second-order valence-corrected chi connectivity index (χ2v) is 5.83. The van der Waals surface area contributed by atoms with Gasteiger partial charge in [-0.15, -0.1) is 0 Å². The molecule has 0 unspecified atom stereocenters. The van der Waals surface area contributed by atoms with Crippen molar-refractivity contribution in [2.24, 2.45) is 10.9 Å². The molecule has 0 aliphatic rings. The van der Waals surface area contributed by atoms with E-state index in [1.165, 1.54) is 0 Å². The Morgan fingerprint density at radius 1 is 1.19 bits per heavy atom. The summed E-state index contributed by atoms with van der Waals surface area (Å²) in [4.78, 5) is 0. The third-order valence-electron chi connectivity index (χ3n) is 2.91. The van der Waals surface area contributed by atoms with Gasteiger partial charge in [-0.3, -0.25) is 0 Å². The number of hydrogen-bond acceptors (Lipinski definition) is 3. The Morgan fingerprint density at radius 3 is 2.62 bits per heavy atom. The molecular formula is C14H12BrCl2N3O. The van der Waals surface area contributed by atoms with Gasteiger partial charge in [0.15, 0.2) is 5.84 Å². The maximum absolute atomic E-state index is 8.81. The van der Waals surface area contributed by atoms with Crippen molar-refractivity contribution in [3.8, 4) is 0 Å². The lowest BCUT2D eigenvalue weighted by Gasteiger charge is -2.13. The number of amidine groups is 1. The molecule has 0 spiro atoms. The van der Waals surface area contributed by atoms with E-state index < -0.39 is 0 Å². The normalized spacial score (nSPS) is 11.5. The molecule has 110 valence electrons. The van der Waals surface area contributed by atoms with Gasteiger partial charge in [0.1, 0.15) is 0 Å². The number of anilines is 1. The van der Waals surface area contributed by atoms with Gasteiger partial charge in [0.25, 0.3) is 0 Å². The van der Waals surface area contributed by atoms with E-state index >= 15 is 0 Å². The Morgan fingerprint density at radius 2 is 1.90 bits per heavy atom. The van der Waals surface area contributed by atoms with Crippen LogP contribution in [-0.2, 0) is 6.54 Å². The third kappa shape index (κ3) is 3.61. The van der Waals surface area contributed by atoms with E-state index in [4.69, 9.17) is 34.1 Å². The predicted molar refractivity (Wildman–Crippen MR) is 90.4 cm³/mol. The summed E-state index contributed by atoms with van der Waals surface area (Å²) >= 11 is 15.6. The summed E-state index contributed by atoms with van der Waals surface area (Å²) in [7, 11) is 0. The van der Waals surface area contributed by atoms with Crippen LogP contribution in [-0.4, -0.2) is 11.0 Å². The van der Waals surface area contributed by atoms with E-state index in [0.717, 1.165) is 10.0 Å². The Bertz CT molecular complexity index is 692. The molecule has 2 rings (SSSR count). The van der Waals surface area contributed by atoms with Gasteiger partial charge in [-0.2, -0.15) is 0 Å². The monoisotopic (exact) mass is 387 g/mol. The Balaban J connectivity index is 2.24. The van der Waals surface area contributed by atoms with Gasteiger partial charge < -0.3 is 16.3 Å². The number of benzene rings is 2. The Hall–Kier alpha value is -1.43. The first-order chi connectivity index (χ1) is 10.0. The quantitative estimate of drug-likeness (QED) is 0.238. The van der Waals surface area contributed by atoms with Gasteiger partial charge in [0.05, 0.1) is 15.7 Å². The van der Waals surface area contributed by atoms with Crippen LogP contribution in [0.15, 0.2) is 46.0 Å². The molecule has 2 aromatic carbocycles. The summed E-state index contributed by atoms with van der Waals surface area (Å²) in [5, 5.41) is 15.9. The molecule has 2 aromatic rings. The summed E-state index contributed by atoms with van der Waals surface area (Å²) in [6.07, 6.45) is 0. The van der Waals surface area contributed by atoms with Gasteiger partial charge >= 0.3 is 0 Å². The molecule has 7 heteroatoms. The van der Waals surface area contributed by atoms with Gasteiger partial charge in [0.2, 0.25) is 0 Å². The van der Waals surface area contributed by atoms with E-state index in [0.29, 0.717) is 27.8 Å². The molecule has 4 N–H and O–H groups in total. The highest BCUT2D eigenvalue weighted by atomic mass is 79.9. The highest BCUT2D eigenvalue weighted by Crippen LogP contribution is 2.36. The largest absolute Gasteiger partial charge is 0.409 e. The van der Waals surface area contributed by atoms with Gasteiger partial charge in [0, 0.05) is 16.6 Å². The van der Waals surface area contributed by atoms with Crippen molar-refractivity contribution in [2.45, 2.75) is 6.54 Å². The first-order valence-electron chi connectivity index (χ1n) is 5.97. The maximum atomic E-state index is 8.81. The molecular weight excluding hydrogens is 377 g/mol. The molecule has 0 fully saturated rings. The second-order valence-electron chi connectivity index (χ2n) is 4.22. The molecule has 0 bridgehead atoms. The van der Waals surface area contributed by atoms with Crippen molar-refractivity contribution >= 4 is 50.7 Å². The van der Waals surface area contributed by atoms with Crippen LogP contribution in [0, 0.1) is 0 Å². The number of nitrogens with zero attached hydrogens (tertiary/aromatic N) is 1. The number of oxime groups is 1. The number of nitrogens with two attached hydrogens (primary N) is 1. The molecule has 0 atom stereocenters. The zero-order chi connectivity index (χ0) is 15.4.